The maximum absolute atomic E-state index is 11.8. The van der Waals surface area contributed by atoms with Crippen LogP contribution in [-0.4, -0.2) is 30.1 Å². The van der Waals surface area contributed by atoms with Gasteiger partial charge in [-0.25, -0.2) is 4.79 Å². The monoisotopic (exact) mass is 272 g/mol. The van der Waals surface area contributed by atoms with Crippen LogP contribution < -0.4 is 5.32 Å². The van der Waals surface area contributed by atoms with Crippen molar-refractivity contribution in [2.24, 2.45) is 0 Å². The molecule has 2 rings (SSSR count). The number of benzene rings is 1. The lowest BCUT2D eigenvalue weighted by atomic mass is 10.2. The normalized spacial score (nSPS) is 10.2. The molecule has 2 aromatic rings. The molecule has 0 unspecified atom stereocenters. The summed E-state index contributed by atoms with van der Waals surface area (Å²) in [4.78, 5) is 23.5. The lowest BCUT2D eigenvalue weighted by molar-refractivity contribution is -0.121. The lowest BCUT2D eigenvalue weighted by Crippen LogP contribution is -2.27. The molecular formula is C15H16N2O3. The number of para-hydroxylation sites is 1. The van der Waals surface area contributed by atoms with Crippen LogP contribution in [0.25, 0.3) is 10.9 Å². The van der Waals surface area contributed by atoms with E-state index in [1.165, 1.54) is 7.11 Å². The predicted octanol–water partition coefficient (Wildman–Crippen LogP) is 1.73. The van der Waals surface area contributed by atoms with Crippen molar-refractivity contribution in [1.29, 1.82) is 0 Å². The van der Waals surface area contributed by atoms with Crippen molar-refractivity contribution < 1.29 is 14.3 Å². The molecule has 1 amide bonds. The van der Waals surface area contributed by atoms with E-state index in [1.54, 1.807) is 16.8 Å². The molecule has 0 aliphatic rings. The highest BCUT2D eigenvalue weighted by molar-refractivity contribution is 6.04. The predicted molar refractivity (Wildman–Crippen MR) is 76.5 cm³/mol. The molecule has 0 saturated carbocycles. The molecule has 1 aromatic heterocycles. The number of fused-ring (bicyclic) bond motifs is 1. The minimum Gasteiger partial charge on any atom is -0.465 e. The molecule has 0 fully saturated rings. The summed E-state index contributed by atoms with van der Waals surface area (Å²) in [5.74, 6) is -0.548. The molecular weight excluding hydrogens is 256 g/mol. The number of hydrogen-bond acceptors (Lipinski definition) is 3. The van der Waals surface area contributed by atoms with E-state index in [0.717, 1.165) is 10.9 Å². The number of esters is 1. The van der Waals surface area contributed by atoms with Crippen LogP contribution in [0.3, 0.4) is 0 Å². The average Bonchev–Trinajstić information content (AvgIpc) is 2.83. The molecule has 0 aliphatic heterocycles. The van der Waals surface area contributed by atoms with Crippen molar-refractivity contribution in [3.05, 3.63) is 48.7 Å². The standard InChI is InChI=1S/C15H16N2O3/c1-3-8-16-14(18)10-17-9-12(15(19)20-2)11-6-4-5-7-13(11)17/h3-7,9H,1,8,10H2,2H3,(H,16,18). The van der Waals surface area contributed by atoms with E-state index < -0.39 is 5.97 Å². The number of ether oxygens (including phenoxy) is 1. The van der Waals surface area contributed by atoms with Crippen molar-refractivity contribution in [2.45, 2.75) is 6.54 Å². The fourth-order valence-corrected chi connectivity index (χ4v) is 2.05. The van der Waals surface area contributed by atoms with Crippen LogP contribution in [0.1, 0.15) is 10.4 Å². The number of nitrogens with one attached hydrogen (secondary N) is 1. The van der Waals surface area contributed by atoms with Gasteiger partial charge in [0.2, 0.25) is 5.91 Å². The quantitative estimate of drug-likeness (QED) is 0.666. The van der Waals surface area contributed by atoms with E-state index in [4.69, 9.17) is 4.74 Å². The number of amides is 1. The second-order valence-electron chi connectivity index (χ2n) is 4.27. The van der Waals surface area contributed by atoms with E-state index in [9.17, 15) is 9.59 Å². The summed E-state index contributed by atoms with van der Waals surface area (Å²) in [6.07, 6.45) is 3.26. The second-order valence-corrected chi connectivity index (χ2v) is 4.27. The minimum atomic E-state index is -0.411. The third kappa shape index (κ3) is 2.71. The van der Waals surface area contributed by atoms with Crippen LogP contribution in [0.2, 0.25) is 0 Å². The first-order valence-corrected chi connectivity index (χ1v) is 6.21. The first kappa shape index (κ1) is 13.9. The molecule has 5 heteroatoms. The first-order valence-electron chi connectivity index (χ1n) is 6.21. The van der Waals surface area contributed by atoms with E-state index in [0.29, 0.717) is 12.1 Å². The van der Waals surface area contributed by atoms with E-state index in [1.807, 2.05) is 24.3 Å². The van der Waals surface area contributed by atoms with Gasteiger partial charge in [0.05, 0.1) is 12.7 Å². The van der Waals surface area contributed by atoms with Crippen LogP contribution >= 0.6 is 0 Å². The molecule has 104 valence electrons. The Morgan fingerprint density at radius 1 is 1.40 bits per heavy atom. The average molecular weight is 272 g/mol. The third-order valence-electron chi connectivity index (χ3n) is 2.95. The number of hydrogen-bond donors (Lipinski definition) is 1. The Kier molecular flexibility index (Phi) is 4.20. The smallest absolute Gasteiger partial charge is 0.340 e. The van der Waals surface area contributed by atoms with E-state index >= 15 is 0 Å². The number of aromatic nitrogens is 1. The zero-order valence-corrected chi connectivity index (χ0v) is 11.3. The van der Waals surface area contributed by atoms with Crippen molar-refractivity contribution in [3.8, 4) is 0 Å². The number of nitrogens with zero attached hydrogens (tertiary/aromatic N) is 1. The van der Waals surface area contributed by atoms with Gasteiger partial charge in [0.25, 0.3) is 0 Å². The Hall–Kier alpha value is -2.56. The van der Waals surface area contributed by atoms with Gasteiger partial charge in [0.1, 0.15) is 6.54 Å². The lowest BCUT2D eigenvalue weighted by Gasteiger charge is -2.05. The largest absolute Gasteiger partial charge is 0.465 e. The minimum absolute atomic E-state index is 0.137. The van der Waals surface area contributed by atoms with Gasteiger partial charge in [0, 0.05) is 23.6 Å². The maximum Gasteiger partial charge on any atom is 0.340 e. The van der Waals surface area contributed by atoms with Crippen LogP contribution in [-0.2, 0) is 16.1 Å². The molecule has 1 aromatic carbocycles. The summed E-state index contributed by atoms with van der Waals surface area (Å²) < 4.78 is 6.50. The van der Waals surface area contributed by atoms with Crippen molar-refractivity contribution in [2.75, 3.05) is 13.7 Å². The Balaban J connectivity index is 2.36. The zero-order valence-electron chi connectivity index (χ0n) is 11.3. The zero-order chi connectivity index (χ0) is 14.5. The number of rotatable bonds is 5. The van der Waals surface area contributed by atoms with Crippen LogP contribution in [0, 0.1) is 0 Å². The molecule has 0 spiro atoms. The van der Waals surface area contributed by atoms with E-state index in [2.05, 4.69) is 11.9 Å². The first-order chi connectivity index (χ1) is 9.67. The Bertz CT molecular complexity index is 658. The SMILES string of the molecule is C=CCNC(=O)Cn1cc(C(=O)OC)c2ccccc21. The third-order valence-corrected chi connectivity index (χ3v) is 2.95. The Morgan fingerprint density at radius 2 is 2.15 bits per heavy atom. The summed E-state index contributed by atoms with van der Waals surface area (Å²) in [5.41, 5.74) is 1.28. The molecule has 5 nitrogen and oxygen atoms in total. The molecule has 0 aliphatic carbocycles. The van der Waals surface area contributed by atoms with E-state index in [-0.39, 0.29) is 12.5 Å². The topological polar surface area (TPSA) is 60.3 Å². The van der Waals surface area contributed by atoms with Gasteiger partial charge in [-0.1, -0.05) is 24.3 Å². The second kappa shape index (κ2) is 6.06. The molecule has 1 N–H and O–H groups in total. The van der Waals surface area contributed by atoms with Crippen LogP contribution in [0.15, 0.2) is 43.1 Å². The molecule has 0 atom stereocenters. The van der Waals surface area contributed by atoms with Crippen molar-refractivity contribution >= 4 is 22.8 Å². The molecule has 1 heterocycles. The van der Waals surface area contributed by atoms with Gasteiger partial charge in [-0.05, 0) is 6.07 Å². The van der Waals surface area contributed by atoms with Gasteiger partial charge < -0.3 is 14.6 Å². The van der Waals surface area contributed by atoms with Gasteiger partial charge in [-0.3, -0.25) is 4.79 Å². The number of carbonyl (C=O) groups excluding carboxylic acids is 2. The van der Waals surface area contributed by atoms with Crippen LogP contribution in [0.5, 0.6) is 0 Å². The van der Waals surface area contributed by atoms with Gasteiger partial charge in [-0.15, -0.1) is 6.58 Å². The summed E-state index contributed by atoms with van der Waals surface area (Å²) in [6.45, 7) is 4.11. The molecule has 0 bridgehead atoms. The summed E-state index contributed by atoms with van der Waals surface area (Å²) in [7, 11) is 1.34. The van der Waals surface area contributed by atoms with Gasteiger partial charge >= 0.3 is 5.97 Å². The highest BCUT2D eigenvalue weighted by atomic mass is 16.5. The number of methoxy groups -OCH3 is 1. The Morgan fingerprint density at radius 3 is 2.85 bits per heavy atom. The van der Waals surface area contributed by atoms with Crippen LogP contribution in [0.4, 0.5) is 0 Å². The maximum atomic E-state index is 11.8. The highest BCUT2D eigenvalue weighted by Gasteiger charge is 2.16. The molecule has 0 radical (unpaired) electrons. The highest BCUT2D eigenvalue weighted by Crippen LogP contribution is 2.21. The van der Waals surface area contributed by atoms with Gasteiger partial charge in [-0.2, -0.15) is 0 Å². The summed E-state index contributed by atoms with van der Waals surface area (Å²) in [6, 6.07) is 7.40. The molecule has 20 heavy (non-hydrogen) atoms. The number of carbonyl (C=O) groups is 2. The summed E-state index contributed by atoms with van der Waals surface area (Å²) >= 11 is 0. The fraction of sp³-hybridized carbons (Fsp3) is 0.200. The fourth-order valence-electron chi connectivity index (χ4n) is 2.05. The van der Waals surface area contributed by atoms with Crippen molar-refractivity contribution in [1.82, 2.24) is 9.88 Å². The summed E-state index contributed by atoms with van der Waals surface area (Å²) in [5, 5.41) is 3.48. The van der Waals surface area contributed by atoms with Gasteiger partial charge in [0.15, 0.2) is 0 Å². The van der Waals surface area contributed by atoms with Crippen molar-refractivity contribution in [3.63, 3.8) is 0 Å². The Labute approximate surface area is 116 Å². The molecule has 0 saturated heterocycles.